The Balaban J connectivity index is 1.65. The smallest absolute Gasteiger partial charge is 0.341 e. The summed E-state index contributed by atoms with van der Waals surface area (Å²) in [6, 6.07) is 7.63. The molecule has 4 nitrogen and oxygen atoms in total. The van der Waals surface area contributed by atoms with Crippen LogP contribution in [0.2, 0.25) is 5.02 Å². The molecule has 0 bridgehead atoms. The highest BCUT2D eigenvalue weighted by atomic mass is 35.5. The second kappa shape index (κ2) is 9.62. The molecule has 0 saturated carbocycles. The quantitative estimate of drug-likeness (QED) is 0.611. The summed E-state index contributed by atoms with van der Waals surface area (Å²) in [5.74, 6) is 0.515. The molecule has 144 valence electrons. The van der Waals surface area contributed by atoms with Crippen LogP contribution >= 0.6 is 34.7 Å². The van der Waals surface area contributed by atoms with Crippen LogP contribution in [0, 0.1) is 0 Å². The number of hydrogen-bond acceptors (Lipinski definition) is 5. The summed E-state index contributed by atoms with van der Waals surface area (Å²) in [7, 11) is 0. The van der Waals surface area contributed by atoms with Crippen LogP contribution in [0.15, 0.2) is 24.3 Å². The predicted octanol–water partition coefficient (Wildman–Crippen LogP) is 5.33. The third-order valence-corrected chi connectivity index (χ3v) is 6.91. The maximum Gasteiger partial charge on any atom is 0.341 e. The Hall–Kier alpha value is -1.50. The summed E-state index contributed by atoms with van der Waals surface area (Å²) < 4.78 is 5.22. The van der Waals surface area contributed by atoms with Gasteiger partial charge in [-0.2, -0.15) is 0 Å². The normalized spacial score (nSPS) is 13.1. The van der Waals surface area contributed by atoms with Crippen LogP contribution in [0.3, 0.4) is 0 Å². The number of carbonyl (C=O) groups excluding carboxylic acids is 2. The van der Waals surface area contributed by atoms with E-state index in [1.54, 1.807) is 6.92 Å². The number of hydrogen-bond donors (Lipinski definition) is 1. The zero-order valence-corrected chi connectivity index (χ0v) is 17.6. The van der Waals surface area contributed by atoms with Gasteiger partial charge in [-0.1, -0.05) is 29.8 Å². The van der Waals surface area contributed by atoms with Crippen molar-refractivity contribution >= 4 is 51.6 Å². The molecular formula is C20H22ClNO3S2. The molecule has 1 aromatic carbocycles. The molecule has 3 rings (SSSR count). The second-order valence-corrected chi connectivity index (χ2v) is 8.77. The SMILES string of the molecule is CCOC(=O)c1c(NC(=O)CSCc2ccccc2Cl)sc2c1CCCC2. The summed E-state index contributed by atoms with van der Waals surface area (Å²) >= 11 is 9.16. The number of fused-ring (bicyclic) bond motifs is 1. The van der Waals surface area contributed by atoms with E-state index >= 15 is 0 Å². The van der Waals surface area contributed by atoms with E-state index in [9.17, 15) is 9.59 Å². The van der Waals surface area contributed by atoms with Gasteiger partial charge in [0.15, 0.2) is 0 Å². The number of esters is 1. The molecule has 2 aromatic rings. The minimum atomic E-state index is -0.337. The van der Waals surface area contributed by atoms with Gasteiger partial charge in [-0.15, -0.1) is 23.1 Å². The summed E-state index contributed by atoms with van der Waals surface area (Å²) in [5, 5.41) is 4.27. The van der Waals surface area contributed by atoms with Crippen LogP contribution in [-0.2, 0) is 28.1 Å². The van der Waals surface area contributed by atoms with Crippen LogP contribution in [0.1, 0.15) is 46.1 Å². The zero-order valence-electron chi connectivity index (χ0n) is 15.2. The Morgan fingerprint density at radius 3 is 2.81 bits per heavy atom. The molecular weight excluding hydrogens is 402 g/mol. The van der Waals surface area contributed by atoms with Crippen LogP contribution in [0.25, 0.3) is 0 Å². The fourth-order valence-corrected chi connectivity index (χ4v) is 5.51. The highest BCUT2D eigenvalue weighted by Crippen LogP contribution is 2.38. The van der Waals surface area contributed by atoms with E-state index in [0.29, 0.717) is 33.7 Å². The number of ether oxygens (including phenoxy) is 1. The lowest BCUT2D eigenvalue weighted by atomic mass is 9.95. The topological polar surface area (TPSA) is 55.4 Å². The van der Waals surface area contributed by atoms with E-state index in [0.717, 1.165) is 36.8 Å². The first-order chi connectivity index (χ1) is 13.1. The summed E-state index contributed by atoms with van der Waals surface area (Å²) in [4.78, 5) is 26.1. The first kappa shape index (κ1) is 20.2. The van der Waals surface area contributed by atoms with Gasteiger partial charge in [0.1, 0.15) is 5.00 Å². The van der Waals surface area contributed by atoms with Crippen LogP contribution in [0.5, 0.6) is 0 Å². The third-order valence-electron chi connectivity index (χ3n) is 4.35. The molecule has 1 heterocycles. The third kappa shape index (κ3) is 5.06. The highest BCUT2D eigenvalue weighted by Gasteiger charge is 2.27. The van der Waals surface area contributed by atoms with Crippen molar-refractivity contribution in [2.75, 3.05) is 17.7 Å². The van der Waals surface area contributed by atoms with Gasteiger partial charge >= 0.3 is 5.97 Å². The van der Waals surface area contributed by atoms with Crippen molar-refractivity contribution < 1.29 is 14.3 Å². The fourth-order valence-electron chi connectivity index (χ4n) is 3.10. The van der Waals surface area contributed by atoms with Crippen molar-refractivity contribution in [2.24, 2.45) is 0 Å². The largest absolute Gasteiger partial charge is 0.462 e. The van der Waals surface area contributed by atoms with Crippen LogP contribution in [0.4, 0.5) is 5.00 Å². The Kier molecular flexibility index (Phi) is 7.21. The number of benzene rings is 1. The highest BCUT2D eigenvalue weighted by molar-refractivity contribution is 7.99. The number of nitrogens with one attached hydrogen (secondary N) is 1. The Morgan fingerprint density at radius 2 is 2.04 bits per heavy atom. The van der Waals surface area contributed by atoms with Crippen LogP contribution < -0.4 is 5.32 Å². The lowest BCUT2D eigenvalue weighted by Crippen LogP contribution is -2.17. The van der Waals surface area contributed by atoms with Gasteiger partial charge in [-0.05, 0) is 49.8 Å². The van der Waals surface area contributed by atoms with Crippen molar-refractivity contribution in [3.05, 3.63) is 50.9 Å². The van der Waals surface area contributed by atoms with Gasteiger partial charge < -0.3 is 10.1 Å². The van der Waals surface area contributed by atoms with Gasteiger partial charge in [0.05, 0.1) is 17.9 Å². The maximum atomic E-state index is 12.4. The van der Waals surface area contributed by atoms with E-state index in [1.165, 1.54) is 28.0 Å². The summed E-state index contributed by atoms with van der Waals surface area (Å²) in [5.41, 5.74) is 2.63. The molecule has 1 amide bonds. The molecule has 1 aliphatic carbocycles. The Morgan fingerprint density at radius 1 is 1.26 bits per heavy atom. The number of rotatable bonds is 7. The molecule has 0 saturated heterocycles. The Bertz CT molecular complexity index is 835. The lowest BCUT2D eigenvalue weighted by Gasteiger charge is -2.12. The molecule has 7 heteroatoms. The maximum absolute atomic E-state index is 12.4. The average Bonchev–Trinajstić information content (AvgIpc) is 3.01. The molecule has 0 atom stereocenters. The van der Waals surface area contributed by atoms with Crippen molar-refractivity contribution in [3.8, 4) is 0 Å². The van der Waals surface area contributed by atoms with E-state index in [1.807, 2.05) is 24.3 Å². The average molecular weight is 424 g/mol. The van der Waals surface area contributed by atoms with Gasteiger partial charge in [-0.3, -0.25) is 4.79 Å². The van der Waals surface area contributed by atoms with E-state index in [-0.39, 0.29) is 11.9 Å². The number of halogens is 1. The number of carbonyl (C=O) groups is 2. The predicted molar refractivity (Wildman–Crippen MR) is 113 cm³/mol. The molecule has 0 radical (unpaired) electrons. The van der Waals surface area contributed by atoms with Crippen molar-refractivity contribution in [1.29, 1.82) is 0 Å². The van der Waals surface area contributed by atoms with E-state index < -0.39 is 0 Å². The fraction of sp³-hybridized carbons (Fsp3) is 0.400. The van der Waals surface area contributed by atoms with E-state index in [4.69, 9.17) is 16.3 Å². The standard InChI is InChI=1S/C20H22ClNO3S2/c1-2-25-20(24)18-14-8-4-6-10-16(14)27-19(18)22-17(23)12-26-11-13-7-3-5-9-15(13)21/h3,5,7,9H,2,4,6,8,10-12H2,1H3,(H,22,23). The molecule has 0 spiro atoms. The van der Waals surface area contributed by atoms with Crippen molar-refractivity contribution in [2.45, 2.75) is 38.4 Å². The zero-order chi connectivity index (χ0) is 19.2. The molecule has 1 N–H and O–H groups in total. The monoisotopic (exact) mass is 423 g/mol. The van der Waals surface area contributed by atoms with Crippen LogP contribution in [-0.4, -0.2) is 24.2 Å². The lowest BCUT2D eigenvalue weighted by molar-refractivity contribution is -0.113. The number of thiophene rings is 1. The van der Waals surface area contributed by atoms with Gasteiger partial charge in [-0.25, -0.2) is 4.79 Å². The molecule has 0 unspecified atom stereocenters. The van der Waals surface area contributed by atoms with Crippen molar-refractivity contribution in [3.63, 3.8) is 0 Å². The van der Waals surface area contributed by atoms with Crippen molar-refractivity contribution in [1.82, 2.24) is 0 Å². The molecule has 0 aliphatic heterocycles. The molecule has 1 aromatic heterocycles. The molecule has 0 fully saturated rings. The van der Waals surface area contributed by atoms with Gasteiger partial charge in [0, 0.05) is 15.7 Å². The second-order valence-electron chi connectivity index (χ2n) is 6.27. The minimum absolute atomic E-state index is 0.115. The summed E-state index contributed by atoms with van der Waals surface area (Å²) in [6.07, 6.45) is 4.02. The van der Waals surface area contributed by atoms with Gasteiger partial charge in [0.25, 0.3) is 0 Å². The first-order valence-electron chi connectivity index (χ1n) is 9.02. The molecule has 1 aliphatic rings. The summed E-state index contributed by atoms with van der Waals surface area (Å²) in [6.45, 7) is 2.12. The number of amides is 1. The van der Waals surface area contributed by atoms with E-state index in [2.05, 4.69) is 5.32 Å². The number of anilines is 1. The minimum Gasteiger partial charge on any atom is -0.462 e. The Labute approximate surface area is 172 Å². The number of thioether (sulfide) groups is 1. The molecule has 27 heavy (non-hydrogen) atoms. The number of aryl methyl sites for hydroxylation is 1. The van der Waals surface area contributed by atoms with Gasteiger partial charge in [0.2, 0.25) is 5.91 Å². The first-order valence-corrected chi connectivity index (χ1v) is 11.4.